The number of fused-ring (bicyclic) bond motifs is 1. The zero-order chi connectivity index (χ0) is 23.2. The molecule has 178 valence electrons. The summed E-state index contributed by atoms with van der Waals surface area (Å²) in [7, 11) is 0. The summed E-state index contributed by atoms with van der Waals surface area (Å²) in [5.74, 6) is 1.31. The predicted octanol–water partition coefficient (Wildman–Crippen LogP) is 2.21. The number of pyridine rings is 1. The third-order valence-electron chi connectivity index (χ3n) is 6.49. The van der Waals surface area contributed by atoms with Crippen LogP contribution in [0.4, 0.5) is 19.0 Å². The molecule has 1 atom stereocenters. The van der Waals surface area contributed by atoms with Crippen molar-refractivity contribution in [3.8, 4) is 5.82 Å². The van der Waals surface area contributed by atoms with Crippen LogP contribution in [0.5, 0.6) is 0 Å². The second-order valence-electron chi connectivity index (χ2n) is 8.80. The highest BCUT2D eigenvalue weighted by molar-refractivity contribution is 5.83. The predicted molar refractivity (Wildman–Crippen MR) is 114 cm³/mol. The zero-order valence-electron chi connectivity index (χ0n) is 18.2. The summed E-state index contributed by atoms with van der Waals surface area (Å²) in [5, 5.41) is 23.6. The lowest BCUT2D eigenvalue weighted by molar-refractivity contribution is -0.154. The van der Waals surface area contributed by atoms with Gasteiger partial charge in [-0.15, -0.1) is 0 Å². The molecule has 9 nitrogen and oxygen atoms in total. The maximum Gasteiger partial charge on any atom is 0.401 e. The number of morpholine rings is 1. The summed E-state index contributed by atoms with van der Waals surface area (Å²) in [6.45, 7) is 3.15. The van der Waals surface area contributed by atoms with Gasteiger partial charge in [0.1, 0.15) is 5.82 Å². The average Bonchev–Trinajstić information content (AvgIpc) is 3.44. The molecule has 0 saturated carbocycles. The van der Waals surface area contributed by atoms with Crippen LogP contribution in [0.15, 0.2) is 24.5 Å². The lowest BCUT2D eigenvalue weighted by atomic mass is 9.83. The van der Waals surface area contributed by atoms with Gasteiger partial charge in [0.2, 0.25) is 0 Å². The number of aliphatic hydroxyl groups is 1. The van der Waals surface area contributed by atoms with Gasteiger partial charge in [0.25, 0.3) is 0 Å². The fourth-order valence-electron chi connectivity index (χ4n) is 4.73. The Bertz CT molecular complexity index is 1110. The van der Waals surface area contributed by atoms with Gasteiger partial charge >= 0.3 is 6.18 Å². The molecule has 0 spiro atoms. The summed E-state index contributed by atoms with van der Waals surface area (Å²) in [6.07, 6.45) is -0.623. The fraction of sp³-hybridized carbons (Fsp3) is 0.571. The van der Waals surface area contributed by atoms with Crippen LogP contribution < -0.4 is 4.90 Å². The van der Waals surface area contributed by atoms with Gasteiger partial charge in [-0.2, -0.15) is 28.1 Å². The van der Waals surface area contributed by atoms with Crippen molar-refractivity contribution in [3.05, 3.63) is 30.1 Å². The van der Waals surface area contributed by atoms with Crippen molar-refractivity contribution in [2.45, 2.75) is 37.6 Å². The molecule has 33 heavy (non-hydrogen) atoms. The molecule has 3 aromatic rings. The first-order chi connectivity index (χ1) is 15.7. The number of hydrogen-bond donors (Lipinski definition) is 2. The number of hydrogen-bond acceptors (Lipinski definition) is 7. The summed E-state index contributed by atoms with van der Waals surface area (Å²) in [6, 6.07) is 3.72. The summed E-state index contributed by atoms with van der Waals surface area (Å²) >= 11 is 0. The Kier molecular flexibility index (Phi) is 5.53. The van der Waals surface area contributed by atoms with E-state index in [-0.39, 0.29) is 32.0 Å². The number of rotatable bonds is 4. The second kappa shape index (κ2) is 8.26. The summed E-state index contributed by atoms with van der Waals surface area (Å²) < 4.78 is 45.7. The smallest absolute Gasteiger partial charge is 0.385 e. The highest BCUT2D eigenvalue weighted by Crippen LogP contribution is 2.39. The number of nitrogens with zero attached hydrogens (tertiary/aromatic N) is 6. The number of aromatic nitrogens is 5. The minimum absolute atomic E-state index is 0.0864. The number of likely N-dealkylation sites (tertiary alicyclic amines) is 1. The molecule has 2 fully saturated rings. The van der Waals surface area contributed by atoms with Crippen LogP contribution in [0.1, 0.15) is 25.3 Å². The van der Waals surface area contributed by atoms with E-state index in [1.165, 1.54) is 4.90 Å². The van der Waals surface area contributed by atoms with Crippen LogP contribution in [0, 0.1) is 0 Å². The molecule has 2 N–H and O–H groups in total. The highest BCUT2D eigenvalue weighted by atomic mass is 19.4. The molecule has 0 unspecified atom stereocenters. The van der Waals surface area contributed by atoms with Crippen molar-refractivity contribution < 1.29 is 23.0 Å². The first-order valence-electron chi connectivity index (χ1n) is 11.0. The molecule has 0 radical (unpaired) electrons. The standard InChI is InChI=1S/C21H26F3N7O2/c1-14-12-33-9-8-30(14)18-10-16(20(32)3-6-29(7-4-20)13-21(22,23)24)15-11-26-31(19(15)27-18)17-2-5-25-28-17/h2,5,10-11,14,32H,3-4,6-9,12-13H2,1H3,(H,25,28)/t14-/m1/s1. The van der Waals surface area contributed by atoms with Crippen LogP contribution >= 0.6 is 0 Å². The second-order valence-corrected chi connectivity index (χ2v) is 8.80. The fourth-order valence-corrected chi connectivity index (χ4v) is 4.73. The lowest BCUT2D eigenvalue weighted by Crippen LogP contribution is -2.46. The van der Waals surface area contributed by atoms with Crippen molar-refractivity contribution >= 4 is 16.9 Å². The Hall–Kier alpha value is -2.70. The Morgan fingerprint density at radius 2 is 2.06 bits per heavy atom. The molecule has 3 aromatic heterocycles. The van der Waals surface area contributed by atoms with Gasteiger partial charge in [-0.25, -0.2) is 4.98 Å². The largest absolute Gasteiger partial charge is 0.401 e. The molecule has 5 heterocycles. The van der Waals surface area contributed by atoms with E-state index in [9.17, 15) is 18.3 Å². The first-order valence-corrected chi connectivity index (χ1v) is 11.0. The van der Waals surface area contributed by atoms with E-state index in [2.05, 4.69) is 20.2 Å². The van der Waals surface area contributed by atoms with Gasteiger partial charge in [0, 0.05) is 31.1 Å². The average molecular weight is 465 g/mol. The molecule has 0 aromatic carbocycles. The molecule has 5 rings (SSSR count). The van der Waals surface area contributed by atoms with E-state index >= 15 is 0 Å². The maximum absolute atomic E-state index is 12.8. The van der Waals surface area contributed by atoms with Crippen LogP contribution in [0.25, 0.3) is 16.9 Å². The summed E-state index contributed by atoms with van der Waals surface area (Å²) in [5.41, 5.74) is -0.0923. The van der Waals surface area contributed by atoms with Gasteiger partial charge < -0.3 is 14.7 Å². The Morgan fingerprint density at radius 3 is 2.73 bits per heavy atom. The van der Waals surface area contributed by atoms with E-state index in [1.807, 2.05) is 13.0 Å². The minimum Gasteiger partial charge on any atom is -0.385 e. The van der Waals surface area contributed by atoms with Crippen LogP contribution in [-0.4, -0.2) is 86.6 Å². The van der Waals surface area contributed by atoms with Crippen LogP contribution in [0.3, 0.4) is 0 Å². The first kappa shape index (κ1) is 22.1. The lowest BCUT2D eigenvalue weighted by Gasteiger charge is -2.40. The monoisotopic (exact) mass is 465 g/mol. The Balaban J connectivity index is 1.56. The SMILES string of the molecule is C[C@@H]1COCCN1c1cc(C2(O)CCN(CC(F)(F)F)CC2)c2cnn(-c3ccn[nH]3)c2n1. The van der Waals surface area contributed by atoms with Crippen molar-refractivity contribution in [3.63, 3.8) is 0 Å². The quantitative estimate of drug-likeness (QED) is 0.610. The minimum atomic E-state index is -4.26. The van der Waals surface area contributed by atoms with E-state index in [0.717, 1.165) is 0 Å². The third kappa shape index (κ3) is 4.30. The number of alkyl halides is 3. The third-order valence-corrected chi connectivity index (χ3v) is 6.49. The number of halogens is 3. The van der Waals surface area contributed by atoms with Gasteiger partial charge in [-0.05, 0) is 31.4 Å². The zero-order valence-corrected chi connectivity index (χ0v) is 18.2. The number of piperidine rings is 1. The molecule has 2 saturated heterocycles. The molecule has 0 aliphatic carbocycles. The summed E-state index contributed by atoms with van der Waals surface area (Å²) in [4.78, 5) is 8.33. The van der Waals surface area contributed by atoms with E-state index in [4.69, 9.17) is 9.72 Å². The topological polar surface area (TPSA) is 95.3 Å². The maximum atomic E-state index is 12.8. The van der Waals surface area contributed by atoms with E-state index in [0.29, 0.717) is 48.0 Å². The molecule has 12 heteroatoms. The Morgan fingerprint density at radius 1 is 1.27 bits per heavy atom. The number of H-pyrrole nitrogens is 1. The van der Waals surface area contributed by atoms with E-state index in [1.54, 1.807) is 23.1 Å². The Labute approximate surface area is 188 Å². The van der Waals surface area contributed by atoms with Crippen LogP contribution in [-0.2, 0) is 10.3 Å². The normalized spacial score (nSPS) is 22.2. The van der Waals surface area contributed by atoms with Crippen molar-refractivity contribution in [1.82, 2.24) is 29.9 Å². The van der Waals surface area contributed by atoms with Gasteiger partial charge in [-0.3, -0.25) is 10.00 Å². The van der Waals surface area contributed by atoms with Crippen molar-refractivity contribution in [2.24, 2.45) is 0 Å². The molecule has 0 bridgehead atoms. The highest BCUT2D eigenvalue weighted by Gasteiger charge is 2.40. The van der Waals surface area contributed by atoms with Gasteiger partial charge in [0.05, 0.1) is 43.8 Å². The number of nitrogens with one attached hydrogen (secondary N) is 1. The molecular formula is C21H26F3N7O2. The molecule has 2 aliphatic rings. The number of anilines is 1. The van der Waals surface area contributed by atoms with E-state index < -0.39 is 18.3 Å². The van der Waals surface area contributed by atoms with Gasteiger partial charge in [-0.1, -0.05) is 0 Å². The van der Waals surface area contributed by atoms with Crippen molar-refractivity contribution in [2.75, 3.05) is 44.3 Å². The number of ether oxygens (including phenoxy) is 1. The van der Waals surface area contributed by atoms with Gasteiger partial charge in [0.15, 0.2) is 11.5 Å². The molecule has 2 aliphatic heterocycles. The van der Waals surface area contributed by atoms with Crippen LogP contribution in [0.2, 0.25) is 0 Å². The van der Waals surface area contributed by atoms with Crippen molar-refractivity contribution in [1.29, 1.82) is 0 Å². The molecule has 0 amide bonds. The molecular weight excluding hydrogens is 439 g/mol. The number of aromatic amines is 1.